The summed E-state index contributed by atoms with van der Waals surface area (Å²) in [6.45, 7) is 1.99. The van der Waals surface area contributed by atoms with Crippen LogP contribution in [0, 0.1) is 0 Å². The highest BCUT2D eigenvalue weighted by molar-refractivity contribution is 7.91. The second-order valence-corrected chi connectivity index (χ2v) is 12.9. The lowest BCUT2D eigenvalue weighted by Gasteiger charge is -2.34. The number of amides is 2. The number of likely N-dealkylation sites (tertiary alicyclic amines) is 1. The molecule has 0 aliphatic carbocycles. The first-order valence-electron chi connectivity index (χ1n) is 12.1. The average Bonchev–Trinajstić information content (AvgIpc) is 3.29. The maximum Gasteiger partial charge on any atom is 0.250 e. The van der Waals surface area contributed by atoms with Crippen molar-refractivity contribution in [3.63, 3.8) is 0 Å². The Kier molecular flexibility index (Phi) is 8.86. The molecule has 198 valence electrons. The van der Waals surface area contributed by atoms with Crippen molar-refractivity contribution >= 4 is 54.9 Å². The quantitative estimate of drug-likeness (QED) is 0.409. The van der Waals surface area contributed by atoms with Gasteiger partial charge in [0.15, 0.2) is 0 Å². The third-order valence-electron chi connectivity index (χ3n) is 6.26. The minimum Gasteiger partial charge on any atom is -0.336 e. The normalized spacial score (nSPS) is 16.5. The fourth-order valence-electron chi connectivity index (χ4n) is 4.24. The number of piperidine rings is 1. The van der Waals surface area contributed by atoms with Gasteiger partial charge in [-0.1, -0.05) is 48.0 Å². The third-order valence-corrected chi connectivity index (χ3v) is 9.54. The van der Waals surface area contributed by atoms with Crippen LogP contribution < -0.4 is 4.72 Å². The molecule has 0 spiro atoms. The van der Waals surface area contributed by atoms with Crippen LogP contribution in [0.25, 0.3) is 10.1 Å². The maximum absolute atomic E-state index is 13.3. The number of carbonyl (C=O) groups is 2. The number of nitrogens with one attached hydrogen (secondary N) is 1. The van der Waals surface area contributed by atoms with E-state index in [4.69, 9.17) is 11.6 Å². The highest BCUT2D eigenvalue weighted by atomic mass is 35.5. The van der Waals surface area contributed by atoms with E-state index in [-0.39, 0.29) is 22.6 Å². The van der Waals surface area contributed by atoms with Gasteiger partial charge in [0.1, 0.15) is 10.3 Å². The monoisotopic (exact) mass is 562 g/mol. The fourth-order valence-corrected chi connectivity index (χ4v) is 7.16. The molecule has 0 unspecified atom stereocenters. The summed E-state index contributed by atoms with van der Waals surface area (Å²) >= 11 is 7.14. The molecule has 0 saturated carbocycles. The fraction of sp³-hybridized carbons (Fsp3) is 0.385. The zero-order valence-electron chi connectivity index (χ0n) is 20.9. The van der Waals surface area contributed by atoms with Crippen molar-refractivity contribution in [2.45, 2.75) is 29.6 Å². The van der Waals surface area contributed by atoms with Gasteiger partial charge in [-0.25, -0.2) is 8.42 Å². The van der Waals surface area contributed by atoms with Crippen molar-refractivity contribution in [3.05, 3.63) is 65.2 Å². The Hall–Kier alpha value is -2.50. The summed E-state index contributed by atoms with van der Waals surface area (Å²) in [5, 5.41) is 1.30. The molecule has 0 bridgehead atoms. The predicted octanol–water partition coefficient (Wildman–Crippen LogP) is 3.41. The average molecular weight is 563 g/mol. The Morgan fingerprint density at radius 1 is 1.14 bits per heavy atom. The summed E-state index contributed by atoms with van der Waals surface area (Å²) in [4.78, 5) is 31.7. The van der Waals surface area contributed by atoms with Gasteiger partial charge >= 0.3 is 0 Å². The molecule has 8 nitrogen and oxygen atoms in total. The van der Waals surface area contributed by atoms with Gasteiger partial charge in [0.05, 0.1) is 6.54 Å². The summed E-state index contributed by atoms with van der Waals surface area (Å²) in [6, 6.07) is 15.6. The summed E-state index contributed by atoms with van der Waals surface area (Å²) in [5.74, 6) is -0.538. The van der Waals surface area contributed by atoms with Crippen LogP contribution in [0.1, 0.15) is 18.4 Å². The number of sulfonamides is 1. The number of carbonyl (C=O) groups excluding carboxylic acids is 2. The molecule has 2 amide bonds. The Balaban J connectivity index is 1.44. The molecule has 1 aliphatic heterocycles. The molecule has 3 aromatic rings. The van der Waals surface area contributed by atoms with Gasteiger partial charge in [0.2, 0.25) is 11.8 Å². The van der Waals surface area contributed by atoms with Gasteiger partial charge in [-0.05, 0) is 56.1 Å². The Morgan fingerprint density at radius 3 is 2.62 bits per heavy atom. The van der Waals surface area contributed by atoms with Gasteiger partial charge < -0.3 is 14.7 Å². The second-order valence-electron chi connectivity index (χ2n) is 9.43. The Labute approximate surface area is 226 Å². The van der Waals surface area contributed by atoms with E-state index in [1.54, 1.807) is 29.2 Å². The molecule has 1 aliphatic rings. The lowest BCUT2D eigenvalue weighted by atomic mass is 10.1. The third kappa shape index (κ3) is 7.08. The van der Waals surface area contributed by atoms with Crippen molar-refractivity contribution in [3.8, 4) is 0 Å². The number of nitrogens with zero attached hydrogens (tertiary/aromatic N) is 3. The molecule has 1 fully saturated rings. The second kappa shape index (κ2) is 11.9. The molecule has 1 N–H and O–H groups in total. The van der Waals surface area contributed by atoms with Crippen molar-refractivity contribution in [2.75, 3.05) is 40.3 Å². The van der Waals surface area contributed by atoms with E-state index >= 15 is 0 Å². The highest BCUT2D eigenvalue weighted by Gasteiger charge is 2.34. The van der Waals surface area contributed by atoms with Crippen molar-refractivity contribution < 1.29 is 18.0 Å². The zero-order chi connectivity index (χ0) is 26.6. The molecule has 1 atom stereocenters. The Bertz CT molecular complexity index is 1360. The van der Waals surface area contributed by atoms with Crippen LogP contribution in [-0.4, -0.2) is 81.2 Å². The number of rotatable bonds is 10. The number of likely N-dealkylation sites (N-methyl/N-ethyl adjacent to an activating group) is 1. The van der Waals surface area contributed by atoms with Gasteiger partial charge in [-0.3, -0.25) is 9.59 Å². The highest BCUT2D eigenvalue weighted by Crippen LogP contribution is 2.31. The van der Waals surface area contributed by atoms with Gasteiger partial charge in [-0.2, -0.15) is 4.72 Å². The van der Waals surface area contributed by atoms with E-state index in [1.165, 1.54) is 4.90 Å². The molecule has 11 heteroatoms. The first kappa shape index (κ1) is 27.5. The molecule has 4 rings (SSSR count). The molecule has 1 saturated heterocycles. The molecule has 37 heavy (non-hydrogen) atoms. The molecule has 2 aromatic carbocycles. The van der Waals surface area contributed by atoms with Crippen LogP contribution in [0.15, 0.2) is 58.8 Å². The smallest absolute Gasteiger partial charge is 0.250 e. The number of hydrogen-bond donors (Lipinski definition) is 1. The molecular formula is C26H31ClN4O4S2. The predicted molar refractivity (Wildman–Crippen MR) is 147 cm³/mol. The van der Waals surface area contributed by atoms with Crippen LogP contribution in [0.2, 0.25) is 5.02 Å². The SMILES string of the molecule is CN(C)CCN(Cc1ccccc1)C(=O)CN1CCC[C@H](NS(=O)(=O)c2cc3ccc(Cl)cc3s2)C1=O. The van der Waals surface area contributed by atoms with Gasteiger partial charge in [0.25, 0.3) is 10.0 Å². The summed E-state index contributed by atoms with van der Waals surface area (Å²) in [7, 11) is -0.0262. The lowest BCUT2D eigenvalue weighted by molar-refractivity contribution is -0.143. The van der Waals surface area contributed by atoms with Gasteiger partial charge in [0, 0.05) is 35.9 Å². The minimum atomic E-state index is -3.92. The molecule has 2 heterocycles. The van der Waals surface area contributed by atoms with Crippen molar-refractivity contribution in [2.24, 2.45) is 0 Å². The van der Waals surface area contributed by atoms with Crippen LogP contribution >= 0.6 is 22.9 Å². The number of benzene rings is 2. The van der Waals surface area contributed by atoms with E-state index in [1.807, 2.05) is 49.3 Å². The number of hydrogen-bond acceptors (Lipinski definition) is 6. The van der Waals surface area contributed by atoms with E-state index in [0.29, 0.717) is 44.0 Å². The van der Waals surface area contributed by atoms with E-state index < -0.39 is 16.1 Å². The van der Waals surface area contributed by atoms with Crippen molar-refractivity contribution in [1.29, 1.82) is 0 Å². The standard InChI is InChI=1S/C26H31ClN4O4S2/c1-29(2)13-14-30(17-19-7-4-3-5-8-19)24(32)18-31-12-6-9-22(26(31)33)28-37(34,35)25-15-20-10-11-21(27)16-23(20)36-25/h3-5,7-8,10-11,15-16,22,28H,6,9,12-14,17-18H2,1-2H3/t22-/m0/s1. The summed E-state index contributed by atoms with van der Waals surface area (Å²) < 4.78 is 29.7. The van der Waals surface area contributed by atoms with Crippen LogP contribution in [-0.2, 0) is 26.2 Å². The maximum atomic E-state index is 13.3. The van der Waals surface area contributed by atoms with Crippen LogP contribution in [0.5, 0.6) is 0 Å². The van der Waals surface area contributed by atoms with E-state index in [9.17, 15) is 18.0 Å². The first-order valence-corrected chi connectivity index (χ1v) is 14.8. The van der Waals surface area contributed by atoms with Crippen molar-refractivity contribution in [1.82, 2.24) is 19.4 Å². The lowest BCUT2D eigenvalue weighted by Crippen LogP contribution is -2.54. The number of halogens is 1. The summed E-state index contributed by atoms with van der Waals surface area (Å²) in [5.41, 5.74) is 1.01. The Morgan fingerprint density at radius 2 is 1.89 bits per heavy atom. The van der Waals surface area contributed by atoms with Crippen LogP contribution in [0.3, 0.4) is 0 Å². The van der Waals surface area contributed by atoms with Gasteiger partial charge in [-0.15, -0.1) is 11.3 Å². The zero-order valence-corrected chi connectivity index (χ0v) is 23.3. The first-order chi connectivity index (χ1) is 17.6. The molecule has 1 aromatic heterocycles. The van der Waals surface area contributed by atoms with Crippen LogP contribution in [0.4, 0.5) is 0 Å². The molecular weight excluding hydrogens is 532 g/mol. The largest absolute Gasteiger partial charge is 0.336 e. The summed E-state index contributed by atoms with van der Waals surface area (Å²) in [6.07, 6.45) is 0.985. The van der Waals surface area contributed by atoms with E-state index in [2.05, 4.69) is 4.72 Å². The number of fused-ring (bicyclic) bond motifs is 1. The molecule has 0 radical (unpaired) electrons. The van der Waals surface area contributed by atoms with E-state index in [0.717, 1.165) is 27.0 Å². The topological polar surface area (TPSA) is 90.0 Å². The number of thiophene rings is 1. The minimum absolute atomic E-state index is 0.0846.